The Bertz CT molecular complexity index is 310. The fourth-order valence-corrected chi connectivity index (χ4v) is 0.853. The highest BCUT2D eigenvalue weighted by molar-refractivity contribution is 7.67. The zero-order valence-electron chi connectivity index (χ0n) is 5.94. The summed E-state index contributed by atoms with van der Waals surface area (Å²) in [6.07, 6.45) is 0. The van der Waals surface area contributed by atoms with Gasteiger partial charge in [-0.15, -0.1) is 0 Å². The van der Waals surface area contributed by atoms with Crippen LogP contribution >= 0.6 is 0 Å². The predicted molar refractivity (Wildman–Crippen MR) is 41.2 cm³/mol. The summed E-state index contributed by atoms with van der Waals surface area (Å²) < 4.78 is 36.4. The molecular formula is C7H6FO3S. The Balaban J connectivity index is 2.59. The molecule has 0 amide bonds. The van der Waals surface area contributed by atoms with Crippen molar-refractivity contribution < 1.29 is 17.0 Å². The second kappa shape index (κ2) is 4.18. The lowest BCUT2D eigenvalue weighted by Gasteiger charge is -1.95. The highest BCUT2D eigenvalue weighted by atomic mass is 32.2. The van der Waals surface area contributed by atoms with Crippen molar-refractivity contribution in [3.63, 3.8) is 0 Å². The number of rotatable bonds is 3. The third-order valence-electron chi connectivity index (χ3n) is 1.14. The van der Waals surface area contributed by atoms with Gasteiger partial charge in [0.1, 0.15) is 12.4 Å². The van der Waals surface area contributed by atoms with Crippen LogP contribution in [0.25, 0.3) is 0 Å². The summed E-state index contributed by atoms with van der Waals surface area (Å²) in [6, 6.07) is 5.25. The highest BCUT2D eigenvalue weighted by Crippen LogP contribution is 2.05. The monoisotopic (exact) mass is 189 g/mol. The Kier molecular flexibility index (Phi) is 3.19. The fraction of sp³-hybridized carbons (Fsp3) is 0. The van der Waals surface area contributed by atoms with Crippen LogP contribution in [0, 0.1) is 12.4 Å². The zero-order chi connectivity index (χ0) is 8.97. The first-order chi connectivity index (χ1) is 5.68. The van der Waals surface area contributed by atoms with Gasteiger partial charge in [-0.25, -0.2) is 12.8 Å². The van der Waals surface area contributed by atoms with Gasteiger partial charge < -0.3 is 0 Å². The van der Waals surface area contributed by atoms with Crippen molar-refractivity contribution in [2.24, 2.45) is 0 Å². The Morgan fingerprint density at radius 3 is 2.33 bits per heavy atom. The fourth-order valence-electron chi connectivity index (χ4n) is 0.645. The summed E-state index contributed by atoms with van der Waals surface area (Å²) in [4.78, 5) is 0. The number of benzene rings is 1. The predicted octanol–water partition coefficient (Wildman–Crippen LogP) is 0.879. The average Bonchev–Trinajstić information content (AvgIpc) is 2.03. The van der Waals surface area contributed by atoms with E-state index in [1.165, 1.54) is 24.3 Å². The second-order valence-corrected chi connectivity index (χ2v) is 2.66. The van der Waals surface area contributed by atoms with Crippen molar-refractivity contribution in [1.29, 1.82) is 0 Å². The molecule has 12 heavy (non-hydrogen) atoms. The maximum atomic E-state index is 12.3. The van der Waals surface area contributed by atoms with Gasteiger partial charge in [-0.3, -0.25) is 4.18 Å². The van der Waals surface area contributed by atoms with Crippen LogP contribution in [0.5, 0.6) is 0 Å². The lowest BCUT2D eigenvalue weighted by atomic mass is 10.2. The van der Waals surface area contributed by atoms with E-state index in [0.29, 0.717) is 5.56 Å². The SMILES string of the molecule is O=[SH](=O)O[CH]c1ccc(F)cc1. The molecule has 0 heterocycles. The summed E-state index contributed by atoms with van der Waals surface area (Å²) in [6.45, 7) is 1.03. The molecule has 0 unspecified atom stereocenters. The minimum Gasteiger partial charge on any atom is -0.261 e. The summed E-state index contributed by atoms with van der Waals surface area (Å²) in [5.41, 5.74) is 0.496. The van der Waals surface area contributed by atoms with E-state index in [4.69, 9.17) is 0 Å². The Labute approximate surface area is 70.9 Å². The first-order valence-corrected chi connectivity index (χ1v) is 4.18. The van der Waals surface area contributed by atoms with Gasteiger partial charge in [0.05, 0.1) is 0 Å². The van der Waals surface area contributed by atoms with Crippen LogP contribution in [0.2, 0.25) is 0 Å². The quantitative estimate of drug-likeness (QED) is 0.718. The van der Waals surface area contributed by atoms with Crippen LogP contribution in [-0.4, -0.2) is 8.42 Å². The first-order valence-electron chi connectivity index (χ1n) is 3.08. The summed E-state index contributed by atoms with van der Waals surface area (Å²) in [5.74, 6) is -0.376. The van der Waals surface area contributed by atoms with Crippen LogP contribution in [0.4, 0.5) is 4.39 Å². The maximum absolute atomic E-state index is 12.3. The van der Waals surface area contributed by atoms with E-state index in [1.807, 2.05) is 0 Å². The normalized spacial score (nSPS) is 10.5. The molecule has 1 rings (SSSR count). The molecule has 0 atom stereocenters. The Morgan fingerprint density at radius 1 is 1.25 bits per heavy atom. The molecule has 0 N–H and O–H groups in total. The van der Waals surface area contributed by atoms with Gasteiger partial charge in [-0.1, -0.05) is 12.1 Å². The molecule has 1 aromatic carbocycles. The van der Waals surface area contributed by atoms with Crippen LogP contribution in [0.1, 0.15) is 5.56 Å². The standard InChI is InChI=1S/C7H6FO3S/c8-7-3-1-6(2-4-7)5-11-12(9)10/h1-5,12H. The van der Waals surface area contributed by atoms with E-state index in [1.54, 1.807) is 0 Å². The molecule has 1 radical (unpaired) electrons. The minimum atomic E-state index is -2.88. The lowest BCUT2D eigenvalue weighted by molar-refractivity contribution is 0.429. The molecule has 0 saturated carbocycles. The Hall–Kier alpha value is -0.940. The van der Waals surface area contributed by atoms with Gasteiger partial charge in [-0.2, -0.15) is 0 Å². The number of hydrogen-bond acceptors (Lipinski definition) is 3. The third kappa shape index (κ3) is 2.98. The summed E-state index contributed by atoms with van der Waals surface area (Å²) in [5, 5.41) is 0. The third-order valence-corrected chi connectivity index (χ3v) is 1.42. The largest absolute Gasteiger partial charge is 0.261 e. The Morgan fingerprint density at radius 2 is 1.83 bits per heavy atom. The van der Waals surface area contributed by atoms with Gasteiger partial charge in [0, 0.05) is 0 Å². The number of thiol groups is 1. The molecule has 0 aliphatic heterocycles. The highest BCUT2D eigenvalue weighted by Gasteiger charge is 1.94. The minimum absolute atomic E-state index is 0.376. The molecule has 0 aliphatic carbocycles. The maximum Gasteiger partial charge on any atom is 0.257 e. The molecule has 3 nitrogen and oxygen atoms in total. The molecule has 1 aromatic rings. The topological polar surface area (TPSA) is 43.4 Å². The van der Waals surface area contributed by atoms with Gasteiger partial charge >= 0.3 is 0 Å². The molecule has 0 saturated heterocycles. The van der Waals surface area contributed by atoms with Gasteiger partial charge in [0.25, 0.3) is 11.0 Å². The molecule has 0 aliphatic rings. The lowest BCUT2D eigenvalue weighted by Crippen LogP contribution is -1.87. The second-order valence-electron chi connectivity index (χ2n) is 2.00. The van der Waals surface area contributed by atoms with Crippen molar-refractivity contribution in [1.82, 2.24) is 0 Å². The van der Waals surface area contributed by atoms with Crippen molar-refractivity contribution in [3.05, 3.63) is 42.3 Å². The van der Waals surface area contributed by atoms with Crippen LogP contribution in [0.3, 0.4) is 0 Å². The van der Waals surface area contributed by atoms with Gasteiger partial charge in [-0.05, 0) is 17.7 Å². The molecule has 5 heteroatoms. The van der Waals surface area contributed by atoms with E-state index >= 15 is 0 Å². The van der Waals surface area contributed by atoms with Crippen molar-refractivity contribution in [3.8, 4) is 0 Å². The first kappa shape index (κ1) is 9.15. The van der Waals surface area contributed by atoms with Crippen LogP contribution in [-0.2, 0) is 15.2 Å². The summed E-state index contributed by atoms with van der Waals surface area (Å²) in [7, 11) is -2.88. The molecule has 0 aromatic heterocycles. The van der Waals surface area contributed by atoms with Crippen LogP contribution < -0.4 is 0 Å². The van der Waals surface area contributed by atoms with Crippen molar-refractivity contribution >= 4 is 11.0 Å². The molecule has 0 bridgehead atoms. The molecule has 0 spiro atoms. The molecule has 0 fully saturated rings. The van der Waals surface area contributed by atoms with Crippen molar-refractivity contribution in [2.75, 3.05) is 0 Å². The van der Waals surface area contributed by atoms with E-state index in [2.05, 4.69) is 4.18 Å². The van der Waals surface area contributed by atoms with E-state index < -0.39 is 11.0 Å². The van der Waals surface area contributed by atoms with Gasteiger partial charge in [0.15, 0.2) is 0 Å². The molecule has 65 valence electrons. The smallest absolute Gasteiger partial charge is 0.257 e. The van der Waals surface area contributed by atoms with Gasteiger partial charge in [0.2, 0.25) is 0 Å². The summed E-state index contributed by atoms with van der Waals surface area (Å²) >= 11 is 0. The molecular weight excluding hydrogens is 183 g/mol. The average molecular weight is 189 g/mol. The van der Waals surface area contributed by atoms with E-state index in [9.17, 15) is 12.8 Å². The van der Waals surface area contributed by atoms with E-state index in [0.717, 1.165) is 6.61 Å². The number of halogens is 1. The number of hydrogen-bond donors (Lipinski definition) is 1. The zero-order valence-corrected chi connectivity index (χ0v) is 6.83. The van der Waals surface area contributed by atoms with Crippen LogP contribution in [0.15, 0.2) is 24.3 Å². The van der Waals surface area contributed by atoms with E-state index in [-0.39, 0.29) is 5.82 Å². The van der Waals surface area contributed by atoms with Crippen molar-refractivity contribution in [2.45, 2.75) is 0 Å².